The number of rotatable bonds is 4. The third-order valence-electron chi connectivity index (χ3n) is 3.43. The lowest BCUT2D eigenvalue weighted by molar-refractivity contribution is -0.135. The Morgan fingerprint density at radius 3 is 2.79 bits per heavy atom. The third kappa shape index (κ3) is 3.36. The minimum atomic E-state index is -0.422. The molecular weight excluding hydrogens is 244 g/mol. The Balaban J connectivity index is 2.05. The van der Waals surface area contributed by atoms with Crippen molar-refractivity contribution >= 4 is 5.91 Å². The van der Waals surface area contributed by atoms with Gasteiger partial charge in [0.05, 0.1) is 18.7 Å². The Morgan fingerprint density at radius 1 is 1.58 bits per heavy atom. The predicted molar refractivity (Wildman–Crippen MR) is 71.5 cm³/mol. The van der Waals surface area contributed by atoms with Crippen LogP contribution in [0, 0.1) is 6.92 Å². The van der Waals surface area contributed by atoms with Gasteiger partial charge in [0.15, 0.2) is 0 Å². The molecule has 1 fully saturated rings. The Bertz CT molecular complexity index is 442. The van der Waals surface area contributed by atoms with Gasteiger partial charge >= 0.3 is 0 Å². The number of nitrogens with one attached hydrogen (secondary N) is 1. The maximum Gasteiger partial charge on any atom is 0.240 e. The van der Waals surface area contributed by atoms with Crippen molar-refractivity contribution in [2.24, 2.45) is 0 Å². The molecule has 1 aromatic heterocycles. The highest BCUT2D eigenvalue weighted by Gasteiger charge is 2.32. The van der Waals surface area contributed by atoms with Gasteiger partial charge in [-0.05, 0) is 39.3 Å². The number of furan rings is 1. The van der Waals surface area contributed by atoms with Crippen LogP contribution in [-0.2, 0) is 11.3 Å². The van der Waals surface area contributed by atoms with Crippen LogP contribution in [0.25, 0.3) is 0 Å². The standard InChI is InChI=1S/C14H22N2O3/c1-9(2)16(8-12-5-4-10(3)19-12)14(18)13-6-11(17)7-15-13/h4-5,9,11,13,15,17H,6-8H2,1-3H3. The van der Waals surface area contributed by atoms with Gasteiger partial charge < -0.3 is 19.7 Å². The van der Waals surface area contributed by atoms with E-state index < -0.39 is 6.10 Å². The first kappa shape index (κ1) is 14.1. The molecule has 5 heteroatoms. The summed E-state index contributed by atoms with van der Waals surface area (Å²) in [4.78, 5) is 14.2. The molecule has 0 saturated carbocycles. The van der Waals surface area contributed by atoms with E-state index >= 15 is 0 Å². The van der Waals surface area contributed by atoms with Crippen molar-refractivity contribution in [2.45, 2.75) is 51.9 Å². The summed E-state index contributed by atoms with van der Waals surface area (Å²) in [7, 11) is 0. The van der Waals surface area contributed by atoms with Crippen LogP contribution in [0.5, 0.6) is 0 Å². The van der Waals surface area contributed by atoms with E-state index in [0.29, 0.717) is 19.5 Å². The first-order valence-corrected chi connectivity index (χ1v) is 6.74. The molecule has 0 spiro atoms. The van der Waals surface area contributed by atoms with Crippen LogP contribution >= 0.6 is 0 Å². The van der Waals surface area contributed by atoms with Crippen molar-refractivity contribution in [3.63, 3.8) is 0 Å². The topological polar surface area (TPSA) is 65.7 Å². The van der Waals surface area contributed by atoms with Crippen molar-refractivity contribution in [1.82, 2.24) is 10.2 Å². The molecule has 1 aliphatic rings. The van der Waals surface area contributed by atoms with E-state index in [1.165, 1.54) is 0 Å². The SMILES string of the molecule is Cc1ccc(CN(C(=O)C2CC(O)CN2)C(C)C)o1. The summed E-state index contributed by atoms with van der Waals surface area (Å²) in [5, 5.41) is 12.6. The van der Waals surface area contributed by atoms with Gasteiger partial charge in [0, 0.05) is 12.6 Å². The molecule has 1 aromatic rings. The maximum atomic E-state index is 12.5. The molecule has 2 atom stereocenters. The molecule has 0 bridgehead atoms. The third-order valence-corrected chi connectivity index (χ3v) is 3.43. The number of aliphatic hydroxyl groups is 1. The summed E-state index contributed by atoms with van der Waals surface area (Å²) < 4.78 is 5.53. The van der Waals surface area contributed by atoms with E-state index in [4.69, 9.17) is 4.42 Å². The highest BCUT2D eigenvalue weighted by Crippen LogP contribution is 2.16. The van der Waals surface area contributed by atoms with Gasteiger partial charge in [-0.25, -0.2) is 0 Å². The van der Waals surface area contributed by atoms with Gasteiger partial charge in [0.2, 0.25) is 5.91 Å². The van der Waals surface area contributed by atoms with Crippen LogP contribution < -0.4 is 5.32 Å². The summed E-state index contributed by atoms with van der Waals surface area (Å²) in [5.74, 6) is 1.67. The number of nitrogens with zero attached hydrogens (tertiary/aromatic N) is 1. The quantitative estimate of drug-likeness (QED) is 0.855. The Morgan fingerprint density at radius 2 is 2.32 bits per heavy atom. The monoisotopic (exact) mass is 266 g/mol. The summed E-state index contributed by atoms with van der Waals surface area (Å²) >= 11 is 0. The van der Waals surface area contributed by atoms with E-state index in [-0.39, 0.29) is 18.0 Å². The number of amides is 1. The molecule has 2 heterocycles. The van der Waals surface area contributed by atoms with Gasteiger partial charge in [0.1, 0.15) is 11.5 Å². The number of aryl methyl sites for hydroxylation is 1. The fraction of sp³-hybridized carbons (Fsp3) is 0.643. The molecular formula is C14H22N2O3. The number of carbonyl (C=O) groups excluding carboxylic acids is 1. The second kappa shape index (κ2) is 5.75. The fourth-order valence-electron chi connectivity index (χ4n) is 2.36. The molecule has 1 saturated heterocycles. The lowest BCUT2D eigenvalue weighted by Gasteiger charge is -2.28. The molecule has 106 valence electrons. The minimum absolute atomic E-state index is 0.0283. The van der Waals surface area contributed by atoms with Gasteiger partial charge in [-0.1, -0.05) is 0 Å². The Labute approximate surface area is 113 Å². The highest BCUT2D eigenvalue weighted by molar-refractivity contribution is 5.82. The molecule has 2 rings (SSSR count). The molecule has 1 amide bonds. The predicted octanol–water partition coefficient (Wildman–Crippen LogP) is 1.05. The van der Waals surface area contributed by atoms with E-state index in [1.807, 2.05) is 32.9 Å². The average molecular weight is 266 g/mol. The normalized spacial score (nSPS) is 23.0. The zero-order valence-electron chi connectivity index (χ0n) is 11.7. The maximum absolute atomic E-state index is 12.5. The minimum Gasteiger partial charge on any atom is -0.464 e. The van der Waals surface area contributed by atoms with Crippen molar-refractivity contribution in [3.05, 3.63) is 23.7 Å². The number of aliphatic hydroxyl groups excluding tert-OH is 1. The van der Waals surface area contributed by atoms with Gasteiger partial charge in [-0.2, -0.15) is 0 Å². The Hall–Kier alpha value is -1.33. The summed E-state index contributed by atoms with van der Waals surface area (Å²) in [6.07, 6.45) is 0.0630. The van der Waals surface area contributed by atoms with Crippen molar-refractivity contribution in [2.75, 3.05) is 6.54 Å². The number of hydrogen-bond donors (Lipinski definition) is 2. The summed E-state index contributed by atoms with van der Waals surface area (Å²) in [6, 6.07) is 3.61. The molecule has 19 heavy (non-hydrogen) atoms. The Kier molecular flexibility index (Phi) is 4.27. The smallest absolute Gasteiger partial charge is 0.240 e. The zero-order valence-corrected chi connectivity index (χ0v) is 11.7. The van der Waals surface area contributed by atoms with Crippen molar-refractivity contribution in [3.8, 4) is 0 Å². The zero-order chi connectivity index (χ0) is 14.0. The van der Waals surface area contributed by atoms with E-state index in [1.54, 1.807) is 4.90 Å². The number of carbonyl (C=O) groups is 1. The molecule has 2 unspecified atom stereocenters. The molecule has 5 nitrogen and oxygen atoms in total. The van der Waals surface area contributed by atoms with Crippen LogP contribution in [0.3, 0.4) is 0 Å². The van der Waals surface area contributed by atoms with Gasteiger partial charge in [-0.15, -0.1) is 0 Å². The summed E-state index contributed by atoms with van der Waals surface area (Å²) in [5.41, 5.74) is 0. The van der Waals surface area contributed by atoms with E-state index in [0.717, 1.165) is 11.5 Å². The highest BCUT2D eigenvalue weighted by atomic mass is 16.3. The summed E-state index contributed by atoms with van der Waals surface area (Å²) in [6.45, 7) is 6.82. The van der Waals surface area contributed by atoms with E-state index in [9.17, 15) is 9.90 Å². The van der Waals surface area contributed by atoms with E-state index in [2.05, 4.69) is 5.32 Å². The molecule has 2 N–H and O–H groups in total. The van der Waals surface area contributed by atoms with Crippen LogP contribution in [0.1, 0.15) is 31.8 Å². The number of β-amino-alcohol motifs (C(OH)–C–C–N with tert-alkyl or cyclic N) is 1. The first-order valence-electron chi connectivity index (χ1n) is 6.74. The van der Waals surface area contributed by atoms with Crippen molar-refractivity contribution < 1.29 is 14.3 Å². The molecule has 0 aromatic carbocycles. The van der Waals surface area contributed by atoms with Crippen LogP contribution in [0.4, 0.5) is 0 Å². The second-order valence-electron chi connectivity index (χ2n) is 5.42. The second-order valence-corrected chi connectivity index (χ2v) is 5.42. The van der Waals surface area contributed by atoms with Crippen molar-refractivity contribution in [1.29, 1.82) is 0 Å². The van der Waals surface area contributed by atoms with Gasteiger partial charge in [0.25, 0.3) is 0 Å². The first-order chi connectivity index (χ1) is 8.97. The lowest BCUT2D eigenvalue weighted by Crippen LogP contribution is -2.46. The molecule has 1 aliphatic heterocycles. The average Bonchev–Trinajstić information content (AvgIpc) is 2.94. The molecule has 0 radical (unpaired) electrons. The number of hydrogen-bond acceptors (Lipinski definition) is 4. The van der Waals surface area contributed by atoms with Crippen LogP contribution in [0.15, 0.2) is 16.5 Å². The van der Waals surface area contributed by atoms with Crippen LogP contribution in [0.2, 0.25) is 0 Å². The molecule has 0 aliphatic carbocycles. The lowest BCUT2D eigenvalue weighted by atomic mass is 10.1. The fourth-order valence-corrected chi connectivity index (χ4v) is 2.36. The largest absolute Gasteiger partial charge is 0.464 e. The van der Waals surface area contributed by atoms with Crippen LogP contribution in [-0.4, -0.2) is 40.6 Å². The van der Waals surface area contributed by atoms with Gasteiger partial charge in [-0.3, -0.25) is 4.79 Å².